The monoisotopic (exact) mass is 302 g/mol. The molecule has 0 unspecified atom stereocenters. The first-order valence-electron chi connectivity index (χ1n) is 7.48. The van der Waals surface area contributed by atoms with Crippen LogP contribution in [0.5, 0.6) is 5.75 Å². The number of carbonyl (C=O) groups is 1. The van der Waals surface area contributed by atoms with Gasteiger partial charge in [-0.15, -0.1) is 5.92 Å². The van der Waals surface area contributed by atoms with Gasteiger partial charge in [0, 0.05) is 6.61 Å². The Hall–Kier alpha value is -2.19. The summed E-state index contributed by atoms with van der Waals surface area (Å²) in [6.45, 7) is 5.34. The van der Waals surface area contributed by atoms with Gasteiger partial charge in [0.15, 0.2) is 0 Å². The van der Waals surface area contributed by atoms with Crippen molar-refractivity contribution in [2.45, 2.75) is 32.8 Å². The third kappa shape index (κ3) is 4.97. The van der Waals surface area contributed by atoms with E-state index in [0.29, 0.717) is 24.6 Å². The van der Waals surface area contributed by atoms with Crippen molar-refractivity contribution in [2.75, 3.05) is 25.1 Å². The number of anilines is 1. The summed E-state index contributed by atoms with van der Waals surface area (Å²) in [5.74, 6) is 6.17. The van der Waals surface area contributed by atoms with Gasteiger partial charge < -0.3 is 20.1 Å². The first-order chi connectivity index (χ1) is 10.7. The van der Waals surface area contributed by atoms with Gasteiger partial charge in [-0.3, -0.25) is 0 Å². The second kappa shape index (κ2) is 8.30. The Morgan fingerprint density at radius 1 is 1.50 bits per heavy atom. The van der Waals surface area contributed by atoms with E-state index in [1.807, 2.05) is 25.1 Å². The number of hydrogen-bond acceptors (Lipinski definition) is 3. The zero-order chi connectivity index (χ0) is 15.8. The standard InChI is InChI=1S/C17H22N2O3/c1-3-4-9-18-17(20)19-15-8-7-13(2)11-16(15)22-12-14-6-5-10-21-14/h7-8,11,14H,5-6,9-10,12H2,1-2H3,(H2,18,19,20)/t14-/m0/s1. The second-order valence-corrected chi connectivity index (χ2v) is 5.18. The molecule has 5 heteroatoms. The van der Waals surface area contributed by atoms with Gasteiger partial charge in [-0.25, -0.2) is 4.79 Å². The molecule has 1 atom stereocenters. The first kappa shape index (κ1) is 16.2. The third-order valence-electron chi connectivity index (χ3n) is 3.35. The van der Waals surface area contributed by atoms with Crippen molar-refractivity contribution in [3.8, 4) is 17.6 Å². The molecule has 1 aromatic carbocycles. The molecule has 5 nitrogen and oxygen atoms in total. The number of carbonyl (C=O) groups excluding carboxylic acids is 1. The van der Waals surface area contributed by atoms with E-state index in [4.69, 9.17) is 9.47 Å². The van der Waals surface area contributed by atoms with Crippen LogP contribution in [0.15, 0.2) is 18.2 Å². The van der Waals surface area contributed by atoms with Gasteiger partial charge in [0.2, 0.25) is 0 Å². The molecular weight excluding hydrogens is 280 g/mol. The number of rotatable bonds is 5. The van der Waals surface area contributed by atoms with E-state index in [1.54, 1.807) is 6.92 Å². The molecule has 1 aromatic rings. The van der Waals surface area contributed by atoms with Crippen LogP contribution < -0.4 is 15.4 Å². The zero-order valence-corrected chi connectivity index (χ0v) is 13.1. The molecule has 0 spiro atoms. The fraction of sp³-hybridized carbons (Fsp3) is 0.471. The molecule has 0 aromatic heterocycles. The van der Waals surface area contributed by atoms with Crippen molar-refractivity contribution in [1.82, 2.24) is 5.32 Å². The molecule has 1 aliphatic heterocycles. The predicted octanol–water partition coefficient (Wildman–Crippen LogP) is 2.70. The largest absolute Gasteiger partial charge is 0.489 e. The van der Waals surface area contributed by atoms with Gasteiger partial charge in [0.1, 0.15) is 12.4 Å². The van der Waals surface area contributed by atoms with E-state index < -0.39 is 0 Å². The average Bonchev–Trinajstić information content (AvgIpc) is 3.01. The van der Waals surface area contributed by atoms with Gasteiger partial charge >= 0.3 is 6.03 Å². The van der Waals surface area contributed by atoms with Crippen LogP contribution in [0.3, 0.4) is 0 Å². The number of nitrogens with one attached hydrogen (secondary N) is 2. The molecule has 22 heavy (non-hydrogen) atoms. The molecule has 1 heterocycles. The van der Waals surface area contributed by atoms with Crippen LogP contribution >= 0.6 is 0 Å². The molecular formula is C17H22N2O3. The summed E-state index contributed by atoms with van der Waals surface area (Å²) in [6, 6.07) is 5.38. The predicted molar refractivity (Wildman–Crippen MR) is 86.1 cm³/mol. The number of ether oxygens (including phenoxy) is 2. The molecule has 1 aliphatic rings. The zero-order valence-electron chi connectivity index (χ0n) is 13.1. The molecule has 1 saturated heterocycles. The Morgan fingerprint density at radius 2 is 2.36 bits per heavy atom. The molecule has 118 valence electrons. The second-order valence-electron chi connectivity index (χ2n) is 5.18. The van der Waals surface area contributed by atoms with Crippen LogP contribution in [-0.2, 0) is 4.74 Å². The number of urea groups is 1. The summed E-state index contributed by atoms with van der Waals surface area (Å²) in [6.07, 6.45) is 2.24. The first-order valence-corrected chi connectivity index (χ1v) is 7.48. The van der Waals surface area contributed by atoms with Crippen molar-refractivity contribution in [2.24, 2.45) is 0 Å². The van der Waals surface area contributed by atoms with Crippen molar-refractivity contribution >= 4 is 11.7 Å². The van der Waals surface area contributed by atoms with Crippen molar-refractivity contribution in [3.05, 3.63) is 23.8 Å². The Labute approximate surface area is 131 Å². The summed E-state index contributed by atoms with van der Waals surface area (Å²) in [5.41, 5.74) is 1.72. The van der Waals surface area contributed by atoms with Gasteiger partial charge in [-0.1, -0.05) is 12.0 Å². The topological polar surface area (TPSA) is 59.6 Å². The Kier molecular flexibility index (Phi) is 6.11. The Bertz CT molecular complexity index is 569. The minimum absolute atomic E-state index is 0.141. The number of benzene rings is 1. The van der Waals surface area contributed by atoms with E-state index in [-0.39, 0.29) is 12.1 Å². The lowest BCUT2D eigenvalue weighted by atomic mass is 10.2. The van der Waals surface area contributed by atoms with Crippen molar-refractivity contribution in [3.63, 3.8) is 0 Å². The normalized spacial score (nSPS) is 16.5. The summed E-state index contributed by atoms with van der Waals surface area (Å²) in [4.78, 5) is 11.8. The fourth-order valence-electron chi connectivity index (χ4n) is 2.19. The van der Waals surface area contributed by atoms with E-state index in [9.17, 15) is 4.79 Å². The number of aryl methyl sites for hydroxylation is 1. The highest BCUT2D eigenvalue weighted by atomic mass is 16.5. The fourth-order valence-corrected chi connectivity index (χ4v) is 2.19. The maximum atomic E-state index is 11.8. The summed E-state index contributed by atoms with van der Waals surface area (Å²) in [7, 11) is 0. The summed E-state index contributed by atoms with van der Waals surface area (Å²) in [5, 5.41) is 5.46. The van der Waals surface area contributed by atoms with Crippen LogP contribution in [0.1, 0.15) is 25.3 Å². The minimum Gasteiger partial charge on any atom is -0.489 e. The minimum atomic E-state index is -0.298. The summed E-state index contributed by atoms with van der Waals surface area (Å²) < 4.78 is 11.4. The maximum absolute atomic E-state index is 11.8. The van der Waals surface area contributed by atoms with Gasteiger partial charge in [-0.2, -0.15) is 0 Å². The lowest BCUT2D eigenvalue weighted by molar-refractivity contribution is 0.0682. The number of hydrogen-bond donors (Lipinski definition) is 2. The Balaban J connectivity index is 1.96. The Morgan fingerprint density at radius 3 is 3.09 bits per heavy atom. The molecule has 2 N–H and O–H groups in total. The van der Waals surface area contributed by atoms with Crippen LogP contribution in [0.2, 0.25) is 0 Å². The highest BCUT2D eigenvalue weighted by molar-refractivity contribution is 5.91. The third-order valence-corrected chi connectivity index (χ3v) is 3.35. The van der Waals surface area contributed by atoms with Gasteiger partial charge in [0.25, 0.3) is 0 Å². The molecule has 0 bridgehead atoms. The van der Waals surface area contributed by atoms with Crippen LogP contribution in [0, 0.1) is 18.8 Å². The highest BCUT2D eigenvalue weighted by Crippen LogP contribution is 2.26. The highest BCUT2D eigenvalue weighted by Gasteiger charge is 2.17. The molecule has 2 amide bonds. The molecule has 1 fully saturated rings. The SMILES string of the molecule is CC#CCNC(=O)Nc1ccc(C)cc1OC[C@@H]1CCCO1. The van der Waals surface area contributed by atoms with Crippen molar-refractivity contribution in [1.29, 1.82) is 0 Å². The van der Waals surface area contributed by atoms with Crippen LogP contribution in [0.4, 0.5) is 10.5 Å². The molecule has 2 rings (SSSR count). The van der Waals surface area contributed by atoms with E-state index in [0.717, 1.165) is 25.0 Å². The molecule has 0 radical (unpaired) electrons. The molecule has 0 saturated carbocycles. The lowest BCUT2D eigenvalue weighted by Crippen LogP contribution is -2.29. The van der Waals surface area contributed by atoms with E-state index in [1.165, 1.54) is 0 Å². The quantitative estimate of drug-likeness (QED) is 0.822. The van der Waals surface area contributed by atoms with E-state index in [2.05, 4.69) is 22.5 Å². The maximum Gasteiger partial charge on any atom is 0.320 e. The lowest BCUT2D eigenvalue weighted by Gasteiger charge is -2.16. The average molecular weight is 302 g/mol. The van der Waals surface area contributed by atoms with Crippen LogP contribution in [0.25, 0.3) is 0 Å². The van der Waals surface area contributed by atoms with E-state index >= 15 is 0 Å². The van der Waals surface area contributed by atoms with Gasteiger partial charge in [0.05, 0.1) is 18.3 Å². The summed E-state index contributed by atoms with van der Waals surface area (Å²) >= 11 is 0. The number of amides is 2. The van der Waals surface area contributed by atoms with Crippen molar-refractivity contribution < 1.29 is 14.3 Å². The van der Waals surface area contributed by atoms with Crippen LogP contribution in [-0.4, -0.2) is 31.9 Å². The smallest absolute Gasteiger partial charge is 0.320 e. The molecule has 0 aliphatic carbocycles. The van der Waals surface area contributed by atoms with Gasteiger partial charge in [-0.05, 0) is 44.4 Å².